The Labute approximate surface area is 86.7 Å². The Hall–Kier alpha value is -0.530. The maximum atomic E-state index is 11.5. The van der Waals surface area contributed by atoms with Crippen LogP contribution in [0.4, 0.5) is 4.79 Å². The molecular formula is C7H12N2O3P2. The van der Waals surface area contributed by atoms with E-state index in [1.807, 2.05) is 0 Å². The quantitative estimate of drug-likeness (QED) is 0.529. The molecule has 3 atom stereocenters. The molecule has 78 valence electrons. The molecule has 0 aromatic carbocycles. The van der Waals surface area contributed by atoms with Gasteiger partial charge in [-0.05, 0) is 32.1 Å². The lowest BCUT2D eigenvalue weighted by Crippen LogP contribution is -2.27. The number of ketones is 1. The molecule has 3 amide bonds. The topological polar surface area (TPSA) is 57.7 Å². The molecule has 0 saturated carbocycles. The van der Waals surface area contributed by atoms with Gasteiger partial charge >= 0.3 is 6.03 Å². The van der Waals surface area contributed by atoms with E-state index >= 15 is 0 Å². The molecule has 1 saturated heterocycles. The van der Waals surface area contributed by atoms with E-state index in [0.717, 1.165) is 4.67 Å². The second-order valence-electron chi connectivity index (χ2n) is 3.15. The summed E-state index contributed by atoms with van der Waals surface area (Å²) in [5.74, 6) is -0.262. The monoisotopic (exact) mass is 234 g/mol. The molecule has 1 aliphatic heterocycles. The minimum Gasteiger partial charge on any atom is -0.300 e. The number of rotatable bonds is 3. The molecular weight excluding hydrogens is 222 g/mol. The van der Waals surface area contributed by atoms with Gasteiger partial charge in [-0.2, -0.15) is 0 Å². The molecule has 0 bridgehead atoms. The van der Waals surface area contributed by atoms with Crippen LogP contribution in [0.2, 0.25) is 0 Å². The number of nitrogens with zero attached hydrogens (tertiary/aromatic N) is 2. The van der Waals surface area contributed by atoms with Crippen LogP contribution in [-0.2, 0) is 9.59 Å². The lowest BCUT2D eigenvalue weighted by molar-refractivity contribution is -0.124. The van der Waals surface area contributed by atoms with Crippen molar-refractivity contribution in [2.24, 2.45) is 0 Å². The molecule has 0 aliphatic carbocycles. The van der Waals surface area contributed by atoms with Gasteiger partial charge in [-0.3, -0.25) is 9.46 Å². The first-order valence-corrected chi connectivity index (χ1v) is 5.14. The number of imide groups is 1. The van der Waals surface area contributed by atoms with Crippen molar-refractivity contribution in [2.45, 2.75) is 25.8 Å². The fraction of sp³-hybridized carbons (Fsp3) is 0.571. The first-order chi connectivity index (χ1) is 6.45. The van der Waals surface area contributed by atoms with Crippen molar-refractivity contribution in [1.29, 1.82) is 0 Å². The standard InChI is InChI=1S/C7H12N2O3P2/c1-4(10)2-3-5-6(11)9(14)7(12)8(5)13/h5H,2-3,13-14H2,1H3. The summed E-state index contributed by atoms with van der Waals surface area (Å²) in [5.41, 5.74) is 0. The van der Waals surface area contributed by atoms with Crippen LogP contribution in [-0.4, -0.2) is 33.1 Å². The molecule has 5 nitrogen and oxygen atoms in total. The van der Waals surface area contributed by atoms with Crippen molar-refractivity contribution in [3.8, 4) is 0 Å². The average Bonchev–Trinajstić information content (AvgIpc) is 2.29. The van der Waals surface area contributed by atoms with Crippen LogP contribution in [0.1, 0.15) is 19.8 Å². The summed E-state index contributed by atoms with van der Waals surface area (Å²) in [6.07, 6.45) is 0.696. The predicted molar refractivity (Wildman–Crippen MR) is 57.2 cm³/mol. The van der Waals surface area contributed by atoms with Gasteiger partial charge in [0, 0.05) is 6.42 Å². The Bertz CT molecular complexity index is 295. The van der Waals surface area contributed by atoms with Crippen LogP contribution in [0.15, 0.2) is 0 Å². The molecule has 14 heavy (non-hydrogen) atoms. The third kappa shape index (κ3) is 2.10. The first kappa shape index (κ1) is 11.5. The highest BCUT2D eigenvalue weighted by Crippen LogP contribution is 2.26. The largest absolute Gasteiger partial charge is 0.333 e. The number of Topliss-reactive ketones (excluding diaryl/α,β-unsaturated/α-hetero) is 1. The van der Waals surface area contributed by atoms with Crippen LogP contribution in [0.5, 0.6) is 0 Å². The minimum atomic E-state index is -0.520. The summed E-state index contributed by atoms with van der Waals surface area (Å²) in [6, 6.07) is -0.896. The van der Waals surface area contributed by atoms with Crippen molar-refractivity contribution in [2.75, 3.05) is 0 Å². The van der Waals surface area contributed by atoms with Crippen LogP contribution < -0.4 is 0 Å². The van der Waals surface area contributed by atoms with Gasteiger partial charge in [-0.25, -0.2) is 9.46 Å². The van der Waals surface area contributed by atoms with Gasteiger partial charge in [0.15, 0.2) is 0 Å². The zero-order valence-electron chi connectivity index (χ0n) is 7.77. The van der Waals surface area contributed by atoms with E-state index in [-0.39, 0.29) is 17.7 Å². The van der Waals surface area contributed by atoms with Gasteiger partial charge in [0.05, 0.1) is 0 Å². The van der Waals surface area contributed by atoms with Crippen molar-refractivity contribution in [3.05, 3.63) is 0 Å². The Balaban J connectivity index is 2.65. The van der Waals surface area contributed by atoms with Crippen molar-refractivity contribution in [3.63, 3.8) is 0 Å². The van der Waals surface area contributed by atoms with Gasteiger partial charge in [0.25, 0.3) is 5.91 Å². The molecule has 0 spiro atoms. The summed E-state index contributed by atoms with van der Waals surface area (Å²) < 4.78 is 2.26. The van der Waals surface area contributed by atoms with Crippen LogP contribution in [0.25, 0.3) is 0 Å². The van der Waals surface area contributed by atoms with E-state index in [9.17, 15) is 14.4 Å². The number of hydrogen-bond acceptors (Lipinski definition) is 3. The second-order valence-corrected chi connectivity index (χ2v) is 4.23. The molecule has 0 aromatic rings. The fourth-order valence-corrected chi connectivity index (χ4v) is 2.07. The van der Waals surface area contributed by atoms with Gasteiger partial charge in [-0.15, -0.1) is 0 Å². The Morgan fingerprint density at radius 1 is 1.43 bits per heavy atom. The molecule has 0 radical (unpaired) electrons. The number of urea groups is 1. The third-order valence-corrected chi connectivity index (χ3v) is 3.11. The van der Waals surface area contributed by atoms with Crippen LogP contribution in [0, 0.1) is 0 Å². The Kier molecular flexibility index (Phi) is 3.57. The zero-order valence-corrected chi connectivity index (χ0v) is 10.1. The lowest BCUT2D eigenvalue weighted by Gasteiger charge is -2.14. The van der Waals surface area contributed by atoms with Gasteiger partial charge in [-0.1, -0.05) is 0 Å². The molecule has 1 rings (SSSR count). The van der Waals surface area contributed by atoms with E-state index in [0.29, 0.717) is 12.8 Å². The number of carbonyl (C=O) groups excluding carboxylic acids is 3. The number of amides is 3. The molecule has 1 fully saturated rings. The van der Waals surface area contributed by atoms with Crippen molar-refractivity contribution < 1.29 is 14.4 Å². The van der Waals surface area contributed by atoms with E-state index in [1.165, 1.54) is 11.6 Å². The van der Waals surface area contributed by atoms with Gasteiger partial charge in [0.1, 0.15) is 11.8 Å². The normalized spacial score (nSPS) is 22.1. The van der Waals surface area contributed by atoms with Crippen LogP contribution >= 0.6 is 18.8 Å². The average molecular weight is 234 g/mol. The molecule has 1 heterocycles. The number of hydrogen-bond donors (Lipinski definition) is 0. The lowest BCUT2D eigenvalue weighted by atomic mass is 10.1. The summed E-state index contributed by atoms with van der Waals surface area (Å²) in [5, 5.41) is 0. The maximum Gasteiger partial charge on any atom is 0.333 e. The molecule has 1 aliphatic rings. The third-order valence-electron chi connectivity index (χ3n) is 2.06. The highest BCUT2D eigenvalue weighted by molar-refractivity contribution is 7.18. The zero-order chi connectivity index (χ0) is 10.9. The predicted octanol–water partition coefficient (Wildman–Crippen LogP) is 0.569. The molecule has 0 N–H and O–H groups in total. The number of carbonyl (C=O) groups is 3. The second kappa shape index (κ2) is 4.33. The highest BCUT2D eigenvalue weighted by Gasteiger charge is 2.40. The van der Waals surface area contributed by atoms with E-state index in [1.54, 1.807) is 0 Å². The van der Waals surface area contributed by atoms with Crippen molar-refractivity contribution in [1.82, 2.24) is 9.34 Å². The SMILES string of the molecule is CC(=O)CCC1C(=O)N(P)C(=O)N1P. The Morgan fingerprint density at radius 3 is 2.36 bits per heavy atom. The summed E-state index contributed by atoms with van der Waals surface area (Å²) >= 11 is 0. The fourth-order valence-electron chi connectivity index (χ4n) is 1.23. The smallest absolute Gasteiger partial charge is 0.300 e. The molecule has 3 unspecified atom stereocenters. The van der Waals surface area contributed by atoms with Gasteiger partial charge < -0.3 is 4.79 Å². The summed E-state index contributed by atoms with van der Waals surface area (Å²) in [4.78, 5) is 33.5. The van der Waals surface area contributed by atoms with E-state index < -0.39 is 6.04 Å². The first-order valence-electron chi connectivity index (χ1n) is 4.11. The molecule has 7 heteroatoms. The maximum absolute atomic E-state index is 11.5. The van der Waals surface area contributed by atoms with E-state index in [4.69, 9.17) is 0 Å². The Morgan fingerprint density at radius 2 is 2.00 bits per heavy atom. The van der Waals surface area contributed by atoms with Crippen LogP contribution in [0.3, 0.4) is 0 Å². The molecule has 0 aromatic heterocycles. The summed E-state index contributed by atoms with van der Waals surface area (Å²) in [7, 11) is 4.27. The van der Waals surface area contributed by atoms with Gasteiger partial charge in [0.2, 0.25) is 0 Å². The highest BCUT2D eigenvalue weighted by atomic mass is 31.0. The minimum absolute atomic E-state index is 0.0193. The summed E-state index contributed by atoms with van der Waals surface area (Å²) in [6.45, 7) is 1.47. The van der Waals surface area contributed by atoms with Crippen molar-refractivity contribution >= 4 is 36.5 Å². The van der Waals surface area contributed by atoms with E-state index in [2.05, 4.69) is 18.8 Å².